The van der Waals surface area contributed by atoms with Gasteiger partial charge in [-0.05, 0) is 110 Å². The molecule has 5 saturated heterocycles. The lowest BCUT2D eigenvalue weighted by molar-refractivity contribution is -0.159. The Morgan fingerprint density at radius 2 is 1.02 bits per heavy atom. The number of carbonyl (C=O) groups excluding carboxylic acids is 7. The summed E-state index contributed by atoms with van der Waals surface area (Å²) in [6.07, 6.45) is -5.55. The second kappa shape index (κ2) is 43.1. The Hall–Kier alpha value is -8.66. The lowest BCUT2D eigenvalue weighted by atomic mass is 9.94. The first kappa shape index (κ1) is 104. The van der Waals surface area contributed by atoms with Crippen LogP contribution in [0.1, 0.15) is 71.7 Å². The number of H-pyrrole nitrogens is 2. The molecule has 7 aliphatic heterocycles. The van der Waals surface area contributed by atoms with Gasteiger partial charge in [0.1, 0.15) is 24.2 Å². The van der Waals surface area contributed by atoms with Gasteiger partial charge in [0.2, 0.25) is 35.5 Å². The third kappa shape index (κ3) is 23.9. The Balaban J connectivity index is 0.873. The molecule has 53 nitrogen and oxygen atoms in total. The number of morpholine rings is 5. The van der Waals surface area contributed by atoms with Crippen LogP contribution in [0, 0.1) is 24.2 Å². The number of imide groups is 2. The first-order valence-corrected chi connectivity index (χ1v) is 50.0. The number of aryl methyl sites for hydroxylation is 1. The quantitative estimate of drug-likeness (QED) is 0.00753. The molecule has 0 aliphatic carbocycles. The van der Waals surface area contributed by atoms with E-state index in [0.29, 0.717) is 0 Å². The molecule has 0 bridgehead atoms. The number of guanidine groups is 1. The number of hydrogen-bond donors (Lipinski definition) is 11. The van der Waals surface area contributed by atoms with Gasteiger partial charge in [-0.3, -0.25) is 106 Å². The van der Waals surface area contributed by atoms with E-state index in [2.05, 4.69) is 51.5 Å². The number of carbonyl (C=O) groups is 7. The van der Waals surface area contributed by atoms with E-state index in [1.807, 2.05) is 0 Å². The van der Waals surface area contributed by atoms with Crippen LogP contribution in [0.15, 0.2) is 67.3 Å². The van der Waals surface area contributed by atoms with E-state index in [0.717, 1.165) is 9.13 Å². The Morgan fingerprint density at radius 1 is 0.568 bits per heavy atom. The highest BCUT2D eigenvalue weighted by Gasteiger charge is 2.53. The number of amides is 7. The second-order valence-corrected chi connectivity index (χ2v) is 47.6. The number of nitrogens with two attached hydrogens (primary N) is 3. The number of nitrogens with zero attached hydrogens (tertiary/aromatic N) is 16. The smallest absolute Gasteiger partial charge is 0.351 e. The van der Waals surface area contributed by atoms with Crippen LogP contribution in [0.2, 0.25) is 0 Å². The van der Waals surface area contributed by atoms with Crippen LogP contribution in [0.25, 0.3) is 11.2 Å². The van der Waals surface area contributed by atoms with Gasteiger partial charge in [-0.25, -0.2) is 56.6 Å². The molecule has 58 heteroatoms. The molecule has 18 atom stereocenters. The van der Waals surface area contributed by atoms with Crippen LogP contribution < -0.4 is 66.3 Å². The summed E-state index contributed by atoms with van der Waals surface area (Å²) >= 11 is 0. The molecule has 0 aromatic carbocycles. The van der Waals surface area contributed by atoms with Gasteiger partial charge in [0, 0.05) is 94.0 Å². The van der Waals surface area contributed by atoms with E-state index in [-0.39, 0.29) is 130 Å². The minimum absolute atomic E-state index is 0.0615. The van der Waals surface area contributed by atoms with Crippen molar-refractivity contribution < 1.29 is 103 Å². The average molecular weight is 1960 g/mol. The highest BCUT2D eigenvalue weighted by Crippen LogP contribution is 2.61. The fourth-order valence-electron chi connectivity index (χ4n) is 15.9. The summed E-state index contributed by atoms with van der Waals surface area (Å²) in [6.45, 7) is 2.71. The lowest BCUT2D eigenvalue weighted by Gasteiger charge is -2.47. The maximum absolute atomic E-state index is 16.5. The van der Waals surface area contributed by atoms with Gasteiger partial charge in [-0.1, -0.05) is 26.0 Å². The minimum Gasteiger partial charge on any atom is -0.383 e. The molecule has 7 aliphatic rings. The van der Waals surface area contributed by atoms with E-state index >= 15 is 18.3 Å². The summed E-state index contributed by atoms with van der Waals surface area (Å²) in [5, 5.41) is 19.9. The van der Waals surface area contributed by atoms with E-state index in [1.165, 1.54) is 173 Å². The fraction of sp³-hybridized carbons (Fsp3) is 0.662. The van der Waals surface area contributed by atoms with Crippen molar-refractivity contribution in [2.75, 3.05) is 194 Å². The van der Waals surface area contributed by atoms with Crippen LogP contribution >= 0.6 is 38.2 Å². The zero-order valence-electron chi connectivity index (χ0n) is 76.2. The van der Waals surface area contributed by atoms with Gasteiger partial charge in [-0.15, -0.1) is 0 Å². The maximum Gasteiger partial charge on any atom is 0.351 e. The Morgan fingerprint density at radius 3 is 1.46 bits per heavy atom. The Labute approximate surface area is 759 Å². The van der Waals surface area contributed by atoms with Crippen molar-refractivity contribution >= 4 is 108 Å². The summed E-state index contributed by atoms with van der Waals surface area (Å²) in [5.74, 6) is -7.75. The van der Waals surface area contributed by atoms with Gasteiger partial charge in [0.25, 0.3) is 30.5 Å². The third-order valence-corrected chi connectivity index (χ3v) is 35.9. The monoisotopic (exact) mass is 1960 g/mol. The summed E-state index contributed by atoms with van der Waals surface area (Å²) in [7, 11) is -6.65. The molecule has 4 aromatic rings. The first-order chi connectivity index (χ1) is 61.9. The van der Waals surface area contributed by atoms with Crippen LogP contribution in [0.5, 0.6) is 0 Å². The number of hydrogen-bond acceptors (Lipinski definition) is 32. The third-order valence-electron chi connectivity index (χ3n) is 22.9. The largest absolute Gasteiger partial charge is 0.383 e. The van der Waals surface area contributed by atoms with Crippen molar-refractivity contribution in [2.45, 2.75) is 127 Å². The molecule has 5 fully saturated rings. The predicted octanol–water partition coefficient (Wildman–Crippen LogP) is -2.09. The number of nitrogen functional groups attached to an aromatic ring is 2. The molecule has 732 valence electrons. The number of anilines is 2. The zero-order chi connectivity index (χ0) is 96.9. The number of imidazole rings is 1. The molecule has 11 rings (SSSR count). The van der Waals surface area contributed by atoms with Crippen LogP contribution in [-0.4, -0.2) is 369 Å². The van der Waals surface area contributed by atoms with E-state index in [9.17, 15) is 57.3 Å². The number of rotatable bonds is 38. The number of aromatic nitrogens is 8. The molecule has 4 aromatic heterocycles. The molecule has 0 radical (unpaired) electrons. The number of aromatic amines is 2. The van der Waals surface area contributed by atoms with Gasteiger partial charge in [0.05, 0.1) is 114 Å². The molecular formula is C74H120N27O26P5. The van der Waals surface area contributed by atoms with Crippen molar-refractivity contribution in [3.8, 4) is 0 Å². The summed E-state index contributed by atoms with van der Waals surface area (Å²) in [5.41, 5.74) is 13.8. The van der Waals surface area contributed by atoms with Gasteiger partial charge >= 0.3 is 42.1 Å². The average Bonchev–Trinajstić information content (AvgIpc) is 1.56. The normalized spacial score (nSPS) is 26.7. The molecule has 7 amide bonds. The van der Waals surface area contributed by atoms with Crippen molar-refractivity contribution in [1.82, 2.24) is 112 Å². The zero-order valence-corrected chi connectivity index (χ0v) is 80.7. The summed E-state index contributed by atoms with van der Waals surface area (Å²) in [4.78, 5) is 166. The van der Waals surface area contributed by atoms with Crippen molar-refractivity contribution in [3.05, 3.63) is 95.3 Å². The molecular weight excluding hydrogens is 1840 g/mol. The van der Waals surface area contributed by atoms with Gasteiger partial charge in [-0.2, -0.15) is 9.97 Å². The topological polar surface area (TPSA) is 645 Å². The first-order valence-electron chi connectivity index (χ1n) is 42.2. The van der Waals surface area contributed by atoms with Crippen LogP contribution in [-0.2, 0) is 103 Å². The van der Waals surface area contributed by atoms with Crippen molar-refractivity contribution in [1.29, 1.82) is 5.41 Å². The summed E-state index contributed by atoms with van der Waals surface area (Å²) < 4.78 is 161. The highest BCUT2D eigenvalue weighted by molar-refractivity contribution is 7.57. The predicted molar refractivity (Wildman–Crippen MR) is 475 cm³/mol. The summed E-state index contributed by atoms with van der Waals surface area (Å²) in [6, 6.07) is 0.218. The standard InChI is InChI=1S/C74H120N27O26P5/c1-42(2)128(113,89(7)8)118-36-48-27-95(31-55(123-48)52-22-43(3)64(104)85-67(52)107)129(114,90(9)10)120-38-49-28-96(32-56(124-49)53-23-44(4)65(105)86-68(53)108)130(115,91(11)12)121-40-51-30-98(35-61(127-51)101-41-81-62-63(101)84-72(78)87-70(62)110)132(117,93(15)16)122-39-50-29-97(34-60(126-50)100-25-45(5)66(106)88-74(100)112)131(116,92(13)14)119-37-47-26-94(33-59(125-47)99-21-19-57(75)83-73(99)111)58(103)24-80-69(109)54(82-46(6)102)18-17-20-79-71(76)77/h19,21-23,25,41-42,47-56,59-61H,17-18,20,24,26-40H2,1-16H3,(H,80,109)(H,82,102)(H2,75,83,111)(H4,76,77,79)(H,85,104,107)(H,86,105,108)(H,88,106,112)(H3,78,84,87,110). The van der Waals surface area contributed by atoms with Crippen molar-refractivity contribution in [2.24, 2.45) is 17.6 Å². The SMILES string of the molecule is CC(=O)NC(CCCNC(=N)N)C(=O)NCC(=O)N1CC(COP(=O)(N(C)C)N2CC(COP(=O)(N(C)C)N3CC(COP(=O)(N(C)C)N4CC(COP(=O)(N(C)C)N5CC(COP(=O)(C(C)C)N(C)C)OC(C6C=C(C)C(=O)NC6=O)C5)OC(C5C=C(C)C(=O)NC5=O)C4)OC(n4cnc5c(=O)[nH]c(N)nc54)C3)OC(n3cc(C)c(=O)[nH]c3=O)C2)OC(n2ccc(N)nc2=O)C1. The molecule has 0 saturated carbocycles. The molecule has 0 spiro atoms. The van der Waals surface area contributed by atoms with E-state index in [1.54, 1.807) is 27.9 Å². The second-order valence-electron chi connectivity index (χ2n) is 34.0. The fourth-order valence-corrected chi connectivity index (χ4v) is 25.8. The molecule has 132 heavy (non-hydrogen) atoms. The maximum atomic E-state index is 16.5. The van der Waals surface area contributed by atoms with Crippen molar-refractivity contribution in [3.63, 3.8) is 0 Å². The number of fused-ring (bicyclic) bond motifs is 1. The molecule has 11 heterocycles. The van der Waals surface area contributed by atoms with Crippen LogP contribution in [0.3, 0.4) is 0 Å². The number of nitrogens with one attached hydrogen (secondary N) is 8. The van der Waals surface area contributed by atoms with Gasteiger partial charge in [0.15, 0.2) is 29.6 Å². The Bertz CT molecular complexity index is 5540. The highest BCUT2D eigenvalue weighted by atomic mass is 31.2. The van der Waals surface area contributed by atoms with Gasteiger partial charge < -0.3 is 84.4 Å². The minimum atomic E-state index is -4.59. The number of ether oxygens (including phenoxy) is 5. The lowest BCUT2D eigenvalue weighted by Crippen LogP contribution is -2.56. The molecule has 18 unspecified atom stereocenters. The van der Waals surface area contributed by atoms with Crippen LogP contribution in [0.4, 0.5) is 11.8 Å². The van der Waals surface area contributed by atoms with E-state index < -0.39 is 227 Å². The molecule has 14 N–H and O–H groups in total. The van der Waals surface area contributed by atoms with E-state index in [4.69, 9.17) is 68.9 Å². The Kier molecular flexibility index (Phi) is 33.9.